The zero-order valence-corrected chi connectivity index (χ0v) is 10.9. The second-order valence-electron chi connectivity index (χ2n) is 4.00. The van der Waals surface area contributed by atoms with Crippen LogP contribution in [-0.2, 0) is 14.8 Å². The van der Waals surface area contributed by atoms with Crippen molar-refractivity contribution in [2.75, 3.05) is 6.54 Å². The van der Waals surface area contributed by atoms with Gasteiger partial charge in [-0.3, -0.25) is 4.79 Å². The van der Waals surface area contributed by atoms with E-state index in [9.17, 15) is 13.2 Å². The smallest absolute Gasteiger partial charge is 0.322 e. The van der Waals surface area contributed by atoms with Gasteiger partial charge in [0.15, 0.2) is 0 Å². The van der Waals surface area contributed by atoms with Crippen LogP contribution in [-0.4, -0.2) is 36.4 Å². The molecule has 7 heteroatoms. The Kier molecular flexibility index (Phi) is 3.24. The van der Waals surface area contributed by atoms with Crippen LogP contribution in [0.25, 0.3) is 0 Å². The molecule has 1 aliphatic rings. The summed E-state index contributed by atoms with van der Waals surface area (Å²) in [6, 6.07) is 0.810. The number of hydrogen-bond donors (Lipinski definition) is 1. The monoisotopic (exact) mass is 275 g/mol. The van der Waals surface area contributed by atoms with E-state index in [0.29, 0.717) is 18.4 Å². The minimum Gasteiger partial charge on any atom is -0.480 e. The Labute approximate surface area is 104 Å². The van der Waals surface area contributed by atoms with Crippen molar-refractivity contribution in [1.29, 1.82) is 0 Å². The molecule has 0 radical (unpaired) electrons. The molecule has 1 aromatic rings. The number of nitrogens with zero attached hydrogens (tertiary/aromatic N) is 1. The Bertz CT molecular complexity index is 534. The van der Waals surface area contributed by atoms with Crippen molar-refractivity contribution in [3.63, 3.8) is 0 Å². The molecule has 0 saturated carbocycles. The highest BCUT2D eigenvalue weighted by atomic mass is 32.2. The summed E-state index contributed by atoms with van der Waals surface area (Å²) in [5, 5.41) is 10.7. The molecule has 2 heterocycles. The molecule has 1 aromatic heterocycles. The quantitative estimate of drug-likeness (QED) is 0.902. The molecule has 17 heavy (non-hydrogen) atoms. The second kappa shape index (κ2) is 4.40. The summed E-state index contributed by atoms with van der Waals surface area (Å²) in [6.07, 6.45) is 0.986. The molecular weight excluding hydrogens is 262 g/mol. The van der Waals surface area contributed by atoms with Crippen LogP contribution in [0.4, 0.5) is 0 Å². The van der Waals surface area contributed by atoms with Gasteiger partial charge in [-0.2, -0.15) is 4.31 Å². The van der Waals surface area contributed by atoms with Gasteiger partial charge in [0.1, 0.15) is 10.3 Å². The van der Waals surface area contributed by atoms with Gasteiger partial charge < -0.3 is 5.11 Å². The van der Waals surface area contributed by atoms with Gasteiger partial charge in [-0.05, 0) is 36.8 Å². The third-order valence-electron chi connectivity index (χ3n) is 2.85. The Morgan fingerprint density at radius 1 is 1.59 bits per heavy atom. The first kappa shape index (κ1) is 12.5. The molecule has 0 amide bonds. The zero-order valence-electron chi connectivity index (χ0n) is 9.29. The van der Waals surface area contributed by atoms with Gasteiger partial charge in [0, 0.05) is 6.54 Å². The maximum absolute atomic E-state index is 12.3. The van der Waals surface area contributed by atoms with Gasteiger partial charge >= 0.3 is 5.97 Å². The van der Waals surface area contributed by atoms with Crippen molar-refractivity contribution in [1.82, 2.24) is 4.31 Å². The van der Waals surface area contributed by atoms with Gasteiger partial charge in [0.05, 0.1) is 0 Å². The minimum atomic E-state index is -3.65. The van der Waals surface area contributed by atoms with E-state index in [1.54, 1.807) is 18.4 Å². The van der Waals surface area contributed by atoms with E-state index < -0.39 is 22.0 Å². The molecule has 5 nitrogen and oxygen atoms in total. The van der Waals surface area contributed by atoms with Gasteiger partial charge in [0.2, 0.25) is 0 Å². The third kappa shape index (κ3) is 2.10. The van der Waals surface area contributed by atoms with Crippen LogP contribution in [0.15, 0.2) is 15.7 Å². The Morgan fingerprint density at radius 2 is 2.29 bits per heavy atom. The standard InChI is InChI=1S/C10H13NO4S2/c1-7-4-6-16-10(7)17(14,15)11-5-2-3-8(11)9(12)13/h4,6,8H,2-3,5H2,1H3,(H,12,13). The highest BCUT2D eigenvalue weighted by Gasteiger charge is 2.40. The number of carboxylic acid groups (broad SMARTS) is 1. The number of aliphatic carboxylic acids is 1. The largest absolute Gasteiger partial charge is 0.480 e. The van der Waals surface area contributed by atoms with E-state index in [2.05, 4.69) is 0 Å². The summed E-state index contributed by atoms with van der Waals surface area (Å²) in [5.74, 6) is -1.07. The van der Waals surface area contributed by atoms with Crippen molar-refractivity contribution in [2.24, 2.45) is 0 Å². The fourth-order valence-corrected chi connectivity index (χ4v) is 5.18. The SMILES string of the molecule is Cc1ccsc1S(=O)(=O)N1CCCC1C(=O)O. The molecule has 0 spiro atoms. The van der Waals surface area contributed by atoms with Crippen LogP contribution in [0.1, 0.15) is 18.4 Å². The van der Waals surface area contributed by atoms with Crippen LogP contribution in [0.2, 0.25) is 0 Å². The lowest BCUT2D eigenvalue weighted by Crippen LogP contribution is -2.40. The van der Waals surface area contributed by atoms with E-state index >= 15 is 0 Å². The van der Waals surface area contributed by atoms with Gasteiger partial charge in [0.25, 0.3) is 10.0 Å². The molecule has 1 atom stereocenters. The molecule has 1 aliphatic heterocycles. The number of thiophene rings is 1. The van der Waals surface area contributed by atoms with Crippen molar-refractivity contribution in [2.45, 2.75) is 30.0 Å². The molecule has 0 aromatic carbocycles. The number of carbonyl (C=O) groups is 1. The van der Waals surface area contributed by atoms with Gasteiger partial charge in [-0.1, -0.05) is 0 Å². The molecule has 2 rings (SSSR count). The number of carboxylic acids is 1. The van der Waals surface area contributed by atoms with E-state index in [-0.39, 0.29) is 10.8 Å². The van der Waals surface area contributed by atoms with Crippen molar-refractivity contribution < 1.29 is 18.3 Å². The second-order valence-corrected chi connectivity index (χ2v) is 7.01. The Morgan fingerprint density at radius 3 is 2.82 bits per heavy atom. The van der Waals surface area contributed by atoms with E-state index in [4.69, 9.17) is 5.11 Å². The predicted octanol–water partition coefficient (Wildman–Crippen LogP) is 1.29. The molecule has 0 bridgehead atoms. The Balaban J connectivity index is 2.40. The van der Waals surface area contributed by atoms with Crippen molar-refractivity contribution >= 4 is 27.3 Å². The number of sulfonamides is 1. The fourth-order valence-electron chi connectivity index (χ4n) is 2.00. The molecule has 94 valence electrons. The molecule has 1 fully saturated rings. The average Bonchev–Trinajstić information content (AvgIpc) is 2.84. The number of rotatable bonds is 3. The van der Waals surface area contributed by atoms with Crippen LogP contribution in [0.5, 0.6) is 0 Å². The fraction of sp³-hybridized carbons (Fsp3) is 0.500. The third-order valence-corrected chi connectivity index (χ3v) is 6.42. The summed E-state index contributed by atoms with van der Waals surface area (Å²) in [6.45, 7) is 2.01. The van der Waals surface area contributed by atoms with Gasteiger partial charge in [-0.25, -0.2) is 8.42 Å². The van der Waals surface area contributed by atoms with Crippen LogP contribution >= 0.6 is 11.3 Å². The van der Waals surface area contributed by atoms with Crippen molar-refractivity contribution in [3.8, 4) is 0 Å². The highest BCUT2D eigenvalue weighted by molar-refractivity contribution is 7.91. The highest BCUT2D eigenvalue weighted by Crippen LogP contribution is 2.30. The maximum atomic E-state index is 12.3. The predicted molar refractivity (Wildman–Crippen MR) is 63.6 cm³/mol. The first-order chi connectivity index (χ1) is 7.94. The number of hydrogen-bond acceptors (Lipinski definition) is 4. The summed E-state index contributed by atoms with van der Waals surface area (Å²) in [5.41, 5.74) is 0.672. The van der Waals surface area contributed by atoms with Crippen molar-refractivity contribution in [3.05, 3.63) is 17.0 Å². The number of aryl methyl sites for hydroxylation is 1. The first-order valence-electron chi connectivity index (χ1n) is 5.23. The van der Waals surface area contributed by atoms with E-state index in [1.165, 1.54) is 0 Å². The maximum Gasteiger partial charge on any atom is 0.322 e. The zero-order chi connectivity index (χ0) is 12.6. The van der Waals surface area contributed by atoms with Gasteiger partial charge in [-0.15, -0.1) is 11.3 Å². The normalized spacial score (nSPS) is 21.8. The first-order valence-corrected chi connectivity index (χ1v) is 7.55. The lowest BCUT2D eigenvalue weighted by Gasteiger charge is -2.20. The topological polar surface area (TPSA) is 74.7 Å². The van der Waals surface area contributed by atoms with Crippen LogP contribution in [0, 0.1) is 6.92 Å². The van der Waals surface area contributed by atoms with E-state index in [0.717, 1.165) is 15.6 Å². The molecule has 1 N–H and O–H groups in total. The summed E-state index contributed by atoms with van der Waals surface area (Å²) in [4.78, 5) is 11.0. The average molecular weight is 275 g/mol. The molecule has 0 aliphatic carbocycles. The molecular formula is C10H13NO4S2. The van der Waals surface area contributed by atoms with Crippen LogP contribution < -0.4 is 0 Å². The van der Waals surface area contributed by atoms with E-state index in [1.807, 2.05) is 0 Å². The summed E-state index contributed by atoms with van der Waals surface area (Å²) >= 11 is 1.13. The Hall–Kier alpha value is -0.920. The lowest BCUT2D eigenvalue weighted by molar-refractivity contribution is -0.140. The summed E-state index contributed by atoms with van der Waals surface area (Å²) < 4.78 is 26.0. The van der Waals surface area contributed by atoms with Crippen LogP contribution in [0.3, 0.4) is 0 Å². The minimum absolute atomic E-state index is 0.255. The summed E-state index contributed by atoms with van der Waals surface area (Å²) in [7, 11) is -3.65. The molecule has 1 saturated heterocycles. The lowest BCUT2D eigenvalue weighted by atomic mass is 10.2. The molecule has 1 unspecified atom stereocenters.